The summed E-state index contributed by atoms with van der Waals surface area (Å²) in [4.78, 5) is 25.5. The molecule has 1 heterocycles. The first kappa shape index (κ1) is 13.8. The van der Waals surface area contributed by atoms with Gasteiger partial charge >= 0.3 is 0 Å². The zero-order valence-corrected chi connectivity index (χ0v) is 11.7. The molecule has 0 unspecified atom stereocenters. The highest BCUT2D eigenvalue weighted by Gasteiger charge is 2.36. The summed E-state index contributed by atoms with van der Waals surface area (Å²) in [6.07, 6.45) is -1.01. The number of aliphatic hydroxyl groups is 1. The summed E-state index contributed by atoms with van der Waals surface area (Å²) in [6.45, 7) is -0.115. The second-order valence-corrected chi connectivity index (χ2v) is 5.21. The smallest absolute Gasteiger partial charge is 0.261 e. The van der Waals surface area contributed by atoms with E-state index in [0.717, 1.165) is 4.90 Å². The molecule has 5 heteroatoms. The number of aliphatic hydroxyl groups excluding tert-OH is 1. The van der Waals surface area contributed by atoms with E-state index in [0.29, 0.717) is 21.7 Å². The van der Waals surface area contributed by atoms with Crippen molar-refractivity contribution in [2.45, 2.75) is 6.10 Å². The van der Waals surface area contributed by atoms with Gasteiger partial charge in [0.2, 0.25) is 0 Å². The number of rotatable bonds is 3. The zero-order chi connectivity index (χ0) is 15.0. The molecule has 2 aromatic rings. The molecule has 4 nitrogen and oxygen atoms in total. The Morgan fingerprint density at radius 3 is 2.05 bits per heavy atom. The highest BCUT2D eigenvalue weighted by Crippen LogP contribution is 2.27. The third kappa shape index (κ3) is 2.33. The van der Waals surface area contributed by atoms with Gasteiger partial charge in [-0.05, 0) is 18.2 Å². The Bertz CT molecular complexity index is 694. The van der Waals surface area contributed by atoms with Crippen LogP contribution in [-0.4, -0.2) is 28.4 Å². The van der Waals surface area contributed by atoms with Gasteiger partial charge in [0.25, 0.3) is 11.8 Å². The molecule has 1 N–H and O–H groups in total. The van der Waals surface area contributed by atoms with Crippen molar-refractivity contribution in [1.82, 2.24) is 4.90 Å². The Labute approximate surface area is 126 Å². The molecular formula is C16H12ClNO3. The topological polar surface area (TPSA) is 57.6 Å². The van der Waals surface area contributed by atoms with Gasteiger partial charge in [-0.15, -0.1) is 0 Å². The largest absolute Gasteiger partial charge is 0.386 e. The van der Waals surface area contributed by atoms with Crippen LogP contribution in [0.4, 0.5) is 0 Å². The van der Waals surface area contributed by atoms with Crippen molar-refractivity contribution in [3.63, 3.8) is 0 Å². The van der Waals surface area contributed by atoms with E-state index < -0.39 is 6.10 Å². The normalized spacial score (nSPS) is 15.2. The highest BCUT2D eigenvalue weighted by molar-refractivity contribution is 6.31. The fraction of sp³-hybridized carbons (Fsp3) is 0.125. The Hall–Kier alpha value is -2.17. The molecule has 0 aliphatic carbocycles. The average Bonchev–Trinajstić information content (AvgIpc) is 2.73. The van der Waals surface area contributed by atoms with Crippen LogP contribution >= 0.6 is 11.6 Å². The minimum atomic E-state index is -1.01. The minimum absolute atomic E-state index is 0.115. The van der Waals surface area contributed by atoms with Gasteiger partial charge < -0.3 is 5.11 Å². The van der Waals surface area contributed by atoms with Crippen LogP contribution in [0.15, 0.2) is 48.5 Å². The van der Waals surface area contributed by atoms with Gasteiger partial charge in [-0.2, -0.15) is 0 Å². The summed E-state index contributed by atoms with van der Waals surface area (Å²) in [7, 11) is 0. The lowest BCUT2D eigenvalue weighted by Crippen LogP contribution is -2.33. The third-order valence-electron chi connectivity index (χ3n) is 3.50. The number of hydrogen-bond acceptors (Lipinski definition) is 3. The Balaban J connectivity index is 1.86. The van der Waals surface area contributed by atoms with Gasteiger partial charge in [0.05, 0.1) is 23.8 Å². The molecule has 0 saturated carbocycles. The predicted molar refractivity (Wildman–Crippen MR) is 78.2 cm³/mol. The van der Waals surface area contributed by atoms with Gasteiger partial charge in [0, 0.05) is 10.6 Å². The van der Waals surface area contributed by atoms with Crippen molar-refractivity contribution in [3.05, 3.63) is 70.2 Å². The van der Waals surface area contributed by atoms with Crippen LogP contribution in [0.5, 0.6) is 0 Å². The first-order valence-electron chi connectivity index (χ1n) is 6.47. The molecule has 0 bridgehead atoms. The molecule has 0 fully saturated rings. The van der Waals surface area contributed by atoms with Crippen LogP contribution in [0.25, 0.3) is 0 Å². The van der Waals surface area contributed by atoms with Crippen LogP contribution in [-0.2, 0) is 0 Å². The predicted octanol–water partition coefficient (Wildman–Crippen LogP) is 2.67. The molecule has 2 aromatic carbocycles. The number of nitrogens with zero attached hydrogens (tertiary/aromatic N) is 1. The summed E-state index contributed by atoms with van der Waals surface area (Å²) < 4.78 is 0. The maximum atomic E-state index is 12.2. The van der Waals surface area contributed by atoms with Crippen LogP contribution in [0.1, 0.15) is 32.4 Å². The molecule has 0 spiro atoms. The number of imide groups is 1. The summed E-state index contributed by atoms with van der Waals surface area (Å²) in [6, 6.07) is 13.5. The molecule has 2 amide bonds. The number of carbonyl (C=O) groups is 2. The summed E-state index contributed by atoms with van der Waals surface area (Å²) in [5, 5.41) is 10.7. The average molecular weight is 302 g/mol. The lowest BCUT2D eigenvalue weighted by molar-refractivity contribution is 0.0543. The van der Waals surface area contributed by atoms with E-state index >= 15 is 0 Å². The number of benzene rings is 2. The summed E-state index contributed by atoms with van der Waals surface area (Å²) in [5.41, 5.74) is 1.23. The maximum Gasteiger partial charge on any atom is 0.261 e. The molecule has 21 heavy (non-hydrogen) atoms. The van der Waals surface area contributed by atoms with Gasteiger partial charge in [-0.3, -0.25) is 14.5 Å². The molecule has 0 aromatic heterocycles. The van der Waals surface area contributed by atoms with Crippen molar-refractivity contribution >= 4 is 23.4 Å². The van der Waals surface area contributed by atoms with E-state index in [2.05, 4.69) is 0 Å². The van der Waals surface area contributed by atoms with Crippen molar-refractivity contribution in [2.24, 2.45) is 0 Å². The molecule has 106 valence electrons. The molecule has 1 aliphatic heterocycles. The number of hydrogen-bond donors (Lipinski definition) is 1. The van der Waals surface area contributed by atoms with Crippen molar-refractivity contribution in [1.29, 1.82) is 0 Å². The minimum Gasteiger partial charge on any atom is -0.386 e. The lowest BCUT2D eigenvalue weighted by Gasteiger charge is -2.19. The second kappa shape index (κ2) is 5.31. The standard InChI is InChI=1S/C16H12ClNO3/c17-13-8-4-3-7-12(13)14(19)9-18-15(20)10-5-1-2-6-11(10)16(18)21/h1-8,14,19H,9H2/t14-/m1/s1. The zero-order valence-electron chi connectivity index (χ0n) is 11.0. The van der Waals surface area contributed by atoms with Gasteiger partial charge in [-0.1, -0.05) is 41.9 Å². The monoisotopic (exact) mass is 301 g/mol. The number of carbonyl (C=O) groups excluding carboxylic acids is 2. The molecule has 1 aliphatic rings. The SMILES string of the molecule is O=C1c2ccccc2C(=O)N1C[C@@H](O)c1ccccc1Cl. The molecule has 3 rings (SSSR count). The Morgan fingerprint density at radius 2 is 1.48 bits per heavy atom. The van der Waals surface area contributed by atoms with E-state index in [-0.39, 0.29) is 18.4 Å². The first-order valence-corrected chi connectivity index (χ1v) is 6.85. The van der Waals surface area contributed by atoms with Crippen LogP contribution in [0, 0.1) is 0 Å². The van der Waals surface area contributed by atoms with Gasteiger partial charge in [-0.25, -0.2) is 0 Å². The third-order valence-corrected chi connectivity index (χ3v) is 3.84. The number of β-amino-alcohol motifs (C(OH)–C–C–N with tert-alkyl or cyclic N) is 1. The molecule has 0 saturated heterocycles. The number of amides is 2. The van der Waals surface area contributed by atoms with Gasteiger partial charge in [0.1, 0.15) is 0 Å². The van der Waals surface area contributed by atoms with Crippen molar-refractivity contribution in [2.75, 3.05) is 6.54 Å². The molecule has 1 atom stereocenters. The quantitative estimate of drug-likeness (QED) is 0.887. The second-order valence-electron chi connectivity index (χ2n) is 4.80. The summed E-state index contributed by atoms with van der Waals surface area (Å²) in [5.74, 6) is -0.775. The molecule has 0 radical (unpaired) electrons. The van der Waals surface area contributed by atoms with E-state index in [1.165, 1.54) is 0 Å². The van der Waals surface area contributed by atoms with Crippen molar-refractivity contribution < 1.29 is 14.7 Å². The van der Waals surface area contributed by atoms with Gasteiger partial charge in [0.15, 0.2) is 0 Å². The summed E-state index contributed by atoms with van der Waals surface area (Å²) >= 11 is 6.02. The van der Waals surface area contributed by atoms with E-state index in [1.54, 1.807) is 48.5 Å². The van der Waals surface area contributed by atoms with Crippen LogP contribution < -0.4 is 0 Å². The fourth-order valence-corrected chi connectivity index (χ4v) is 2.68. The highest BCUT2D eigenvalue weighted by atomic mass is 35.5. The Kier molecular flexibility index (Phi) is 3.49. The lowest BCUT2D eigenvalue weighted by atomic mass is 10.1. The number of halogens is 1. The Morgan fingerprint density at radius 1 is 0.952 bits per heavy atom. The van der Waals surface area contributed by atoms with Crippen molar-refractivity contribution in [3.8, 4) is 0 Å². The van der Waals surface area contributed by atoms with E-state index in [1.807, 2.05) is 0 Å². The van der Waals surface area contributed by atoms with Crippen LogP contribution in [0.2, 0.25) is 5.02 Å². The fourth-order valence-electron chi connectivity index (χ4n) is 2.42. The van der Waals surface area contributed by atoms with Crippen LogP contribution in [0.3, 0.4) is 0 Å². The van der Waals surface area contributed by atoms with E-state index in [4.69, 9.17) is 11.6 Å². The van der Waals surface area contributed by atoms with E-state index in [9.17, 15) is 14.7 Å². The molecular weight excluding hydrogens is 290 g/mol. The first-order chi connectivity index (χ1) is 10.1. The number of fused-ring (bicyclic) bond motifs is 1. The maximum absolute atomic E-state index is 12.2.